The first-order valence-electron chi connectivity index (χ1n) is 12.8. The molecule has 2 aliphatic heterocycles. The zero-order chi connectivity index (χ0) is 29.1. The number of alkyl halides is 4. The van der Waals surface area contributed by atoms with Crippen molar-refractivity contribution in [1.82, 2.24) is 15.3 Å². The normalized spacial score (nSPS) is 16.2. The van der Waals surface area contributed by atoms with E-state index in [1.807, 2.05) is 13.1 Å². The Bertz CT molecular complexity index is 1210. The Morgan fingerprint density at radius 3 is 2.51 bits per heavy atom. The van der Waals surface area contributed by atoms with Gasteiger partial charge >= 0.3 is 6.18 Å². The summed E-state index contributed by atoms with van der Waals surface area (Å²) in [7, 11) is 1.94. The second-order valence-corrected chi connectivity index (χ2v) is 9.63. The first-order chi connectivity index (χ1) is 19.1. The number of hydrogen-bond donors (Lipinski definition) is 3. The highest BCUT2D eigenvalue weighted by atomic mass is 35.5. The Morgan fingerprint density at radius 2 is 1.93 bits per heavy atom. The summed E-state index contributed by atoms with van der Waals surface area (Å²) in [5.41, 5.74) is 13.6. The van der Waals surface area contributed by atoms with Crippen LogP contribution < -0.4 is 21.5 Å². The Labute approximate surface area is 244 Å². The third-order valence-corrected chi connectivity index (χ3v) is 6.54. The molecule has 1 aromatic carbocycles. The average molecular weight is 595 g/mol. The van der Waals surface area contributed by atoms with Gasteiger partial charge in [-0.05, 0) is 63.4 Å². The van der Waals surface area contributed by atoms with Crippen LogP contribution in [0.3, 0.4) is 0 Å². The number of aliphatic imine (C=N–C) groups is 2. The molecule has 0 aliphatic carbocycles. The second-order valence-electron chi connectivity index (χ2n) is 9.40. The van der Waals surface area contributed by atoms with Gasteiger partial charge in [-0.3, -0.25) is 30.6 Å². The predicted octanol–water partition coefficient (Wildman–Crippen LogP) is 5.61. The number of anilines is 3. The highest BCUT2D eigenvalue weighted by Gasteiger charge is 2.31. The minimum atomic E-state index is -4.49. The zero-order valence-corrected chi connectivity index (χ0v) is 23.1. The smallest absolute Gasteiger partial charge is 0.399 e. The van der Waals surface area contributed by atoms with Gasteiger partial charge in [0.1, 0.15) is 17.5 Å². The average Bonchev–Trinajstić information content (AvgIpc) is 2.95. The summed E-state index contributed by atoms with van der Waals surface area (Å²) in [6.45, 7) is 7.18. The first-order valence-corrected chi connectivity index (χ1v) is 13.3. The quantitative estimate of drug-likeness (QED) is 0.0727. The molecular formula is C28H38ClF3N8O. The van der Waals surface area contributed by atoms with E-state index in [0.717, 1.165) is 55.0 Å². The number of carbonyl (C=O) groups excluding carboxylic acids is 1. The van der Waals surface area contributed by atoms with Crippen LogP contribution in [0, 0.1) is 0 Å². The van der Waals surface area contributed by atoms with E-state index in [2.05, 4.69) is 42.3 Å². The van der Waals surface area contributed by atoms with Gasteiger partial charge in [0.2, 0.25) is 0 Å². The number of nitrogen functional groups attached to an aromatic ring is 1. The molecule has 13 heteroatoms. The molecule has 0 amide bonds. The summed E-state index contributed by atoms with van der Waals surface area (Å²) in [4.78, 5) is 27.1. The molecule has 2 aliphatic rings. The molecule has 224 valence electrons. The van der Waals surface area contributed by atoms with Crippen LogP contribution in [0.25, 0.3) is 0 Å². The summed E-state index contributed by atoms with van der Waals surface area (Å²) in [5, 5.41) is 0. The van der Waals surface area contributed by atoms with Crippen LogP contribution in [0.2, 0.25) is 0 Å². The summed E-state index contributed by atoms with van der Waals surface area (Å²) in [6.07, 6.45) is 2.61. The fourth-order valence-corrected chi connectivity index (χ4v) is 4.49. The number of carbonyl (C=O) groups is 1. The molecular weight excluding hydrogens is 557 g/mol. The van der Waals surface area contributed by atoms with E-state index in [4.69, 9.17) is 17.3 Å². The van der Waals surface area contributed by atoms with Gasteiger partial charge < -0.3 is 15.5 Å². The Balaban J connectivity index is 0.000000330. The lowest BCUT2D eigenvalue weighted by molar-refractivity contribution is -0.137. The molecule has 0 spiro atoms. The number of nitrogens with one attached hydrogen (secondary N) is 2. The number of pyridine rings is 1. The SMILES string of the molecule is C.C=NC1=C(/C(=N\CCl)NNc2cc(N)cc(C(F)(F)F)c2)CN(C)CC1.O=Cc1ccc(N2CCCCC2)cn1. The van der Waals surface area contributed by atoms with E-state index in [9.17, 15) is 18.0 Å². The van der Waals surface area contributed by atoms with Gasteiger partial charge in [-0.2, -0.15) is 13.2 Å². The molecule has 4 N–H and O–H groups in total. The number of piperidine rings is 1. The van der Waals surface area contributed by atoms with Gasteiger partial charge in [0.05, 0.1) is 23.1 Å². The fourth-order valence-electron chi connectivity index (χ4n) is 4.37. The van der Waals surface area contributed by atoms with Crippen molar-refractivity contribution in [2.75, 3.05) is 55.3 Å². The number of aromatic nitrogens is 1. The molecule has 0 atom stereocenters. The van der Waals surface area contributed by atoms with Crippen molar-refractivity contribution in [1.29, 1.82) is 0 Å². The van der Waals surface area contributed by atoms with Gasteiger partial charge in [-0.15, -0.1) is 11.6 Å². The number of halogens is 4. The van der Waals surface area contributed by atoms with Crippen LogP contribution >= 0.6 is 11.6 Å². The van der Waals surface area contributed by atoms with Crippen LogP contribution in [-0.2, 0) is 6.18 Å². The number of nitrogens with two attached hydrogens (primary N) is 1. The largest absolute Gasteiger partial charge is 0.416 e. The van der Waals surface area contributed by atoms with Crippen LogP contribution in [0.1, 0.15) is 49.2 Å². The van der Waals surface area contributed by atoms with E-state index >= 15 is 0 Å². The van der Waals surface area contributed by atoms with Crippen molar-refractivity contribution in [3.8, 4) is 0 Å². The van der Waals surface area contributed by atoms with Gasteiger partial charge in [0.25, 0.3) is 0 Å². The number of aldehydes is 1. The highest BCUT2D eigenvalue weighted by Crippen LogP contribution is 2.32. The topological polar surface area (TPSA) is 111 Å². The molecule has 41 heavy (non-hydrogen) atoms. The van der Waals surface area contributed by atoms with Crippen molar-refractivity contribution in [3.63, 3.8) is 0 Å². The van der Waals surface area contributed by atoms with E-state index in [0.29, 0.717) is 24.5 Å². The summed E-state index contributed by atoms with van der Waals surface area (Å²) < 4.78 is 38.8. The van der Waals surface area contributed by atoms with E-state index in [1.54, 1.807) is 12.3 Å². The molecule has 2 aromatic rings. The van der Waals surface area contributed by atoms with Crippen molar-refractivity contribution in [3.05, 3.63) is 59.1 Å². The lowest BCUT2D eigenvalue weighted by atomic mass is 10.1. The number of rotatable bonds is 7. The molecule has 1 fully saturated rings. The standard InChI is InChI=1S/C16H20ClF3N6.C11H14N2O.CH4/c1-22-14-3-4-26(2)8-13(14)15(23-9-17)25-24-12-6-10(16(18,19)20)5-11(21)7-12;14-9-10-4-5-11(8-12-10)13-6-2-1-3-7-13;/h5-7,24H,1,3-4,8-9,21H2,2H3,(H,23,25);4-5,8-9H,1-3,6-7H2;1H4. The van der Waals surface area contributed by atoms with Crippen LogP contribution in [-0.4, -0.2) is 68.0 Å². The monoisotopic (exact) mass is 594 g/mol. The summed E-state index contributed by atoms with van der Waals surface area (Å²) in [6, 6.07) is 6.94. The minimum absolute atomic E-state index is 0. The van der Waals surface area contributed by atoms with Crippen molar-refractivity contribution < 1.29 is 18.0 Å². The Hall–Kier alpha value is -3.64. The maximum Gasteiger partial charge on any atom is 0.416 e. The molecule has 0 unspecified atom stereocenters. The molecule has 4 rings (SSSR count). The fraction of sp³-hybridized carbons (Fsp3) is 0.429. The lowest BCUT2D eigenvalue weighted by Crippen LogP contribution is -2.38. The van der Waals surface area contributed by atoms with Crippen LogP contribution in [0.5, 0.6) is 0 Å². The molecule has 0 bridgehead atoms. The van der Waals surface area contributed by atoms with Crippen LogP contribution in [0.4, 0.5) is 30.2 Å². The van der Waals surface area contributed by atoms with Crippen molar-refractivity contribution in [2.24, 2.45) is 9.98 Å². The summed E-state index contributed by atoms with van der Waals surface area (Å²) in [5.74, 6) is 0.393. The van der Waals surface area contributed by atoms with Gasteiger partial charge in [0, 0.05) is 49.6 Å². The van der Waals surface area contributed by atoms with Gasteiger partial charge in [-0.25, -0.2) is 0 Å². The van der Waals surface area contributed by atoms with Crippen molar-refractivity contribution in [2.45, 2.75) is 39.3 Å². The van der Waals surface area contributed by atoms with Crippen molar-refractivity contribution >= 4 is 47.5 Å². The third kappa shape index (κ3) is 10.0. The number of amidine groups is 1. The van der Waals surface area contributed by atoms with Crippen LogP contribution in [0.15, 0.2) is 57.8 Å². The third-order valence-electron chi connectivity index (χ3n) is 6.42. The molecule has 9 nitrogen and oxygen atoms in total. The van der Waals surface area contributed by atoms with E-state index in [1.165, 1.54) is 25.3 Å². The molecule has 1 saturated heterocycles. The van der Waals surface area contributed by atoms with E-state index < -0.39 is 11.7 Å². The van der Waals surface area contributed by atoms with E-state index in [-0.39, 0.29) is 24.8 Å². The molecule has 0 radical (unpaired) electrons. The number of likely N-dealkylation sites (N-methyl/N-ethyl adjacent to an activating group) is 1. The number of hydrazine groups is 1. The second kappa shape index (κ2) is 16.0. The number of hydrogen-bond acceptors (Lipinski definition) is 8. The molecule has 1 aromatic heterocycles. The number of benzene rings is 1. The maximum atomic E-state index is 12.9. The van der Waals surface area contributed by atoms with Gasteiger partial charge in [0.15, 0.2) is 6.29 Å². The maximum absolute atomic E-state index is 12.9. The van der Waals surface area contributed by atoms with Gasteiger partial charge in [-0.1, -0.05) is 7.43 Å². The Kier molecular flexibility index (Phi) is 13.1. The zero-order valence-electron chi connectivity index (χ0n) is 22.3. The first kappa shape index (κ1) is 33.6. The summed E-state index contributed by atoms with van der Waals surface area (Å²) >= 11 is 5.73. The number of nitrogens with zero attached hydrogens (tertiary/aromatic N) is 5. The minimum Gasteiger partial charge on any atom is -0.399 e. The Morgan fingerprint density at radius 1 is 1.20 bits per heavy atom. The molecule has 3 heterocycles. The lowest BCUT2D eigenvalue weighted by Gasteiger charge is -2.28. The highest BCUT2D eigenvalue weighted by molar-refractivity contribution is 6.18. The predicted molar refractivity (Wildman–Crippen MR) is 162 cm³/mol. The molecule has 0 saturated carbocycles.